The Morgan fingerprint density at radius 2 is 1.95 bits per heavy atom. The fraction of sp³-hybridized carbons (Fsp3) is 0.917. The number of carboxylic acid groups (broad SMARTS) is 1. The van der Waals surface area contributed by atoms with Crippen LogP contribution in [0.2, 0.25) is 0 Å². The topological polar surface area (TPSA) is 137 Å². The van der Waals surface area contributed by atoms with Gasteiger partial charge < -0.3 is 35.0 Å². The highest BCUT2D eigenvalue weighted by atomic mass is 32.2. The molecule has 5 N–H and O–H groups in total. The lowest BCUT2D eigenvalue weighted by Crippen LogP contribution is -2.59. The van der Waals surface area contributed by atoms with Crippen molar-refractivity contribution in [1.29, 1.82) is 0 Å². The highest BCUT2D eigenvalue weighted by Crippen LogP contribution is 2.26. The van der Waals surface area contributed by atoms with Crippen LogP contribution in [-0.2, 0) is 14.3 Å². The van der Waals surface area contributed by atoms with E-state index in [-0.39, 0.29) is 6.42 Å². The molecule has 0 aliphatic carbocycles. The van der Waals surface area contributed by atoms with Gasteiger partial charge in [0.2, 0.25) is 0 Å². The van der Waals surface area contributed by atoms with Crippen LogP contribution >= 0.6 is 11.8 Å². The minimum Gasteiger partial charge on any atom is -0.481 e. The molecule has 0 aromatic heterocycles. The van der Waals surface area contributed by atoms with Gasteiger partial charge in [-0.15, -0.1) is 11.8 Å². The summed E-state index contributed by atoms with van der Waals surface area (Å²) in [5, 5.41) is 46.8. The number of carbonyl (C=O) groups is 1. The summed E-state index contributed by atoms with van der Waals surface area (Å²) in [6, 6.07) is 0. The maximum atomic E-state index is 10.5. The summed E-state index contributed by atoms with van der Waals surface area (Å²) >= 11 is 1.26. The molecule has 6 atom stereocenters. The Morgan fingerprint density at radius 1 is 1.29 bits per heavy atom. The molecule has 9 heteroatoms. The third-order valence-corrected chi connectivity index (χ3v) is 4.34. The third-order valence-electron chi connectivity index (χ3n) is 3.09. The van der Waals surface area contributed by atoms with E-state index in [2.05, 4.69) is 0 Å². The maximum Gasteiger partial charge on any atom is 0.304 e. The summed E-state index contributed by atoms with van der Waals surface area (Å²) in [6.07, 6.45) is -6.04. The van der Waals surface area contributed by atoms with Crippen molar-refractivity contribution < 1.29 is 39.8 Å². The molecule has 21 heavy (non-hydrogen) atoms. The average Bonchev–Trinajstić information content (AvgIpc) is 2.45. The zero-order chi connectivity index (χ0) is 16.0. The minimum absolute atomic E-state index is 0.0147. The summed E-state index contributed by atoms with van der Waals surface area (Å²) in [5.74, 6) is -0.573. The van der Waals surface area contributed by atoms with E-state index in [0.29, 0.717) is 12.2 Å². The quantitative estimate of drug-likeness (QED) is 0.346. The first kappa shape index (κ1) is 18.6. The number of thioether (sulfide) groups is 1. The second-order valence-electron chi connectivity index (χ2n) is 4.69. The number of hydrogen-bond acceptors (Lipinski definition) is 8. The lowest BCUT2D eigenvalue weighted by atomic mass is 9.99. The molecule has 1 saturated heterocycles. The van der Waals surface area contributed by atoms with Gasteiger partial charge in [-0.1, -0.05) is 6.92 Å². The first-order valence-corrected chi connectivity index (χ1v) is 7.74. The van der Waals surface area contributed by atoms with Gasteiger partial charge in [0, 0.05) is 5.75 Å². The molecule has 1 aliphatic heterocycles. The van der Waals surface area contributed by atoms with Crippen molar-refractivity contribution in [2.75, 3.05) is 12.4 Å². The standard InChI is InChI=1S/C12H22O8S/c1-2-8(21-4-3-7(14)15)20-12-11(18)10(17)9(16)6(5-13)19-12/h6,8-13,16-18H,2-5H2,1H3,(H,14,15)/t6-,8?,9-,10+,11+,12-/m1/s1. The number of aliphatic carboxylic acids is 1. The zero-order valence-corrected chi connectivity index (χ0v) is 12.5. The summed E-state index contributed by atoms with van der Waals surface area (Å²) in [6.45, 7) is 1.30. The normalized spacial score (nSPS) is 34.6. The van der Waals surface area contributed by atoms with Crippen molar-refractivity contribution in [3.63, 3.8) is 0 Å². The fourth-order valence-corrected chi connectivity index (χ4v) is 2.84. The van der Waals surface area contributed by atoms with Gasteiger partial charge in [-0.2, -0.15) is 0 Å². The smallest absolute Gasteiger partial charge is 0.304 e. The first-order chi connectivity index (χ1) is 9.90. The van der Waals surface area contributed by atoms with Gasteiger partial charge in [0.1, 0.15) is 29.9 Å². The second-order valence-corrected chi connectivity index (χ2v) is 5.95. The molecular formula is C12H22O8S. The largest absolute Gasteiger partial charge is 0.481 e. The van der Waals surface area contributed by atoms with Crippen molar-refractivity contribution >= 4 is 17.7 Å². The van der Waals surface area contributed by atoms with Crippen molar-refractivity contribution in [2.24, 2.45) is 0 Å². The number of carboxylic acids is 1. The average molecular weight is 326 g/mol. The Kier molecular flexibility index (Phi) is 7.88. The molecule has 0 aromatic carbocycles. The van der Waals surface area contributed by atoms with Gasteiger partial charge in [-0.05, 0) is 6.42 Å². The molecular weight excluding hydrogens is 304 g/mol. The molecule has 0 amide bonds. The van der Waals surface area contributed by atoms with Gasteiger partial charge in [0.15, 0.2) is 6.29 Å². The number of aliphatic hydroxyl groups excluding tert-OH is 4. The van der Waals surface area contributed by atoms with Gasteiger partial charge >= 0.3 is 5.97 Å². The van der Waals surface area contributed by atoms with Crippen LogP contribution < -0.4 is 0 Å². The minimum atomic E-state index is -1.48. The Hall–Kier alpha value is -0.420. The monoisotopic (exact) mass is 326 g/mol. The van der Waals surface area contributed by atoms with Crippen LogP contribution in [0.4, 0.5) is 0 Å². The van der Waals surface area contributed by atoms with E-state index < -0.39 is 48.7 Å². The molecule has 0 bridgehead atoms. The predicted octanol–water partition coefficient (Wildman–Crippen LogP) is -1.25. The summed E-state index contributed by atoms with van der Waals surface area (Å²) in [5.41, 5.74) is -0.425. The van der Waals surface area contributed by atoms with Crippen LogP contribution in [0.25, 0.3) is 0 Å². The second kappa shape index (κ2) is 8.89. The van der Waals surface area contributed by atoms with Crippen molar-refractivity contribution in [3.8, 4) is 0 Å². The molecule has 0 spiro atoms. The van der Waals surface area contributed by atoms with Crippen LogP contribution in [0.15, 0.2) is 0 Å². The number of hydrogen-bond donors (Lipinski definition) is 5. The van der Waals surface area contributed by atoms with Gasteiger partial charge in [0.05, 0.1) is 13.0 Å². The number of rotatable bonds is 8. The summed E-state index contributed by atoms with van der Waals surface area (Å²) in [7, 11) is 0. The van der Waals surface area contributed by atoms with E-state index in [0.717, 1.165) is 0 Å². The molecule has 1 heterocycles. The van der Waals surface area contributed by atoms with E-state index in [1.807, 2.05) is 6.92 Å². The molecule has 0 aromatic rings. The number of ether oxygens (including phenoxy) is 2. The zero-order valence-electron chi connectivity index (χ0n) is 11.7. The van der Waals surface area contributed by atoms with Gasteiger partial charge in [0.25, 0.3) is 0 Å². The van der Waals surface area contributed by atoms with Crippen LogP contribution in [0.5, 0.6) is 0 Å². The summed E-state index contributed by atoms with van der Waals surface area (Å²) < 4.78 is 10.7. The molecule has 1 rings (SSSR count). The lowest BCUT2D eigenvalue weighted by Gasteiger charge is -2.40. The van der Waals surface area contributed by atoms with Gasteiger partial charge in [-0.25, -0.2) is 0 Å². The van der Waals surface area contributed by atoms with E-state index in [4.69, 9.17) is 19.7 Å². The van der Waals surface area contributed by atoms with E-state index in [9.17, 15) is 20.1 Å². The lowest BCUT2D eigenvalue weighted by molar-refractivity contribution is -0.304. The third kappa shape index (κ3) is 5.37. The molecule has 124 valence electrons. The Balaban J connectivity index is 2.55. The predicted molar refractivity (Wildman–Crippen MR) is 73.6 cm³/mol. The van der Waals surface area contributed by atoms with Gasteiger partial charge in [-0.3, -0.25) is 4.79 Å². The Bertz CT molecular complexity index is 326. The van der Waals surface area contributed by atoms with Crippen molar-refractivity contribution in [2.45, 2.75) is 55.9 Å². The molecule has 1 unspecified atom stereocenters. The van der Waals surface area contributed by atoms with E-state index in [1.165, 1.54) is 11.8 Å². The van der Waals surface area contributed by atoms with E-state index in [1.54, 1.807) is 0 Å². The SMILES string of the molecule is CCC(O[C@H]1O[C@H](CO)[C@@H](O)[C@H](O)[C@@H]1O)SCCC(=O)O. The fourth-order valence-electron chi connectivity index (χ4n) is 1.86. The first-order valence-electron chi connectivity index (χ1n) is 6.70. The molecule has 0 saturated carbocycles. The van der Waals surface area contributed by atoms with Crippen molar-refractivity contribution in [1.82, 2.24) is 0 Å². The van der Waals surface area contributed by atoms with Crippen LogP contribution in [-0.4, -0.2) is 80.0 Å². The summed E-state index contributed by atoms with van der Waals surface area (Å²) in [4.78, 5) is 10.5. The molecule has 0 radical (unpaired) electrons. The molecule has 8 nitrogen and oxygen atoms in total. The highest BCUT2D eigenvalue weighted by molar-refractivity contribution is 7.99. The van der Waals surface area contributed by atoms with Crippen LogP contribution in [0.1, 0.15) is 19.8 Å². The van der Waals surface area contributed by atoms with Crippen molar-refractivity contribution in [3.05, 3.63) is 0 Å². The highest BCUT2D eigenvalue weighted by Gasteiger charge is 2.44. The van der Waals surface area contributed by atoms with E-state index >= 15 is 0 Å². The molecule has 1 fully saturated rings. The number of aliphatic hydroxyl groups is 4. The van der Waals surface area contributed by atoms with Crippen LogP contribution in [0, 0.1) is 0 Å². The maximum absolute atomic E-state index is 10.5. The molecule has 1 aliphatic rings. The Labute approximate surface area is 126 Å². The van der Waals surface area contributed by atoms with Crippen LogP contribution in [0.3, 0.4) is 0 Å². The Morgan fingerprint density at radius 3 is 2.48 bits per heavy atom.